The third-order valence-corrected chi connectivity index (χ3v) is 17.3. The van der Waals surface area contributed by atoms with Crippen LogP contribution < -0.4 is 0 Å². The molecule has 0 saturated heterocycles. The van der Waals surface area contributed by atoms with Gasteiger partial charge in [0.05, 0.1) is 6.04 Å². The van der Waals surface area contributed by atoms with Gasteiger partial charge in [0.15, 0.2) is 5.78 Å². The van der Waals surface area contributed by atoms with Gasteiger partial charge in [0, 0.05) is 18.5 Å². The van der Waals surface area contributed by atoms with Crippen molar-refractivity contribution in [1.82, 2.24) is 4.90 Å². The van der Waals surface area contributed by atoms with E-state index < -0.39 is 32.4 Å². The molecule has 0 radical (unpaired) electrons. The van der Waals surface area contributed by atoms with Crippen LogP contribution in [0.4, 0.5) is 4.79 Å². The summed E-state index contributed by atoms with van der Waals surface area (Å²) in [5.74, 6) is 5.29. The summed E-state index contributed by atoms with van der Waals surface area (Å²) in [5, 5.41) is 22.5. The molecule has 1 aromatic carbocycles. The molecule has 42 heavy (non-hydrogen) atoms. The highest BCUT2D eigenvalue weighted by Crippen LogP contribution is 2.49. The molecule has 0 bridgehead atoms. The minimum absolute atomic E-state index is 0.0525. The Balaban J connectivity index is 2.07. The van der Waals surface area contributed by atoms with Crippen LogP contribution in [0.3, 0.4) is 0 Å². The van der Waals surface area contributed by atoms with Crippen LogP contribution in [0.5, 0.6) is 0 Å². The van der Waals surface area contributed by atoms with Gasteiger partial charge in [-0.2, -0.15) is 0 Å². The fourth-order valence-corrected chi connectivity index (χ4v) is 15.1. The second-order valence-electron chi connectivity index (χ2n) is 13.8. The minimum Gasteiger partial charge on any atom is -0.446 e. The van der Waals surface area contributed by atoms with Gasteiger partial charge in [-0.15, -0.1) is 5.92 Å². The van der Waals surface area contributed by atoms with Gasteiger partial charge in [-0.1, -0.05) is 98.1 Å². The molecule has 7 heteroatoms. The Morgan fingerprint density at radius 1 is 1.00 bits per heavy atom. The minimum atomic E-state index is -2.43. The van der Waals surface area contributed by atoms with Crippen LogP contribution in [0, 0.1) is 17.8 Å². The molecular weight excluding hydrogens is 542 g/mol. The van der Waals surface area contributed by atoms with Crippen molar-refractivity contribution in [2.24, 2.45) is 5.92 Å². The quantitative estimate of drug-likeness (QED) is 0.234. The van der Waals surface area contributed by atoms with Gasteiger partial charge in [0.2, 0.25) is 0 Å². The summed E-state index contributed by atoms with van der Waals surface area (Å²) in [6.07, 6.45) is 1.69. The van der Waals surface area contributed by atoms with Gasteiger partial charge >= 0.3 is 6.09 Å². The number of rotatable bonds is 9. The first-order chi connectivity index (χ1) is 19.7. The van der Waals surface area contributed by atoms with E-state index in [0.717, 1.165) is 30.9 Å². The number of Topliss-reactive ketones (excluding diaryl/α,β-unsaturated/α-hetero) is 1. The number of benzene rings is 1. The number of ether oxygens (including phenoxy) is 1. The summed E-state index contributed by atoms with van der Waals surface area (Å²) in [5.41, 5.74) is 1.78. The largest absolute Gasteiger partial charge is 0.446 e. The maximum absolute atomic E-state index is 14.2. The van der Waals surface area contributed by atoms with E-state index in [4.69, 9.17) is 4.74 Å². The molecule has 1 fully saturated rings. The van der Waals surface area contributed by atoms with E-state index in [1.54, 1.807) is 13.1 Å². The number of hydrogen-bond acceptors (Lipinski definition) is 5. The molecule has 1 saturated carbocycles. The average Bonchev–Trinajstić information content (AvgIpc) is 2.93. The number of hydrogen-bond donors (Lipinski definition) is 2. The Morgan fingerprint density at radius 2 is 1.57 bits per heavy atom. The average molecular weight is 596 g/mol. The van der Waals surface area contributed by atoms with Crippen molar-refractivity contribution >= 4 is 20.0 Å². The number of carbonyl (C=O) groups excluding carboxylic acids is 2. The number of nitrogens with zero attached hydrogens (tertiary/aromatic N) is 1. The van der Waals surface area contributed by atoms with E-state index in [1.165, 1.54) is 10.5 Å². The Morgan fingerprint density at radius 3 is 2.12 bits per heavy atom. The van der Waals surface area contributed by atoms with Crippen LogP contribution in [-0.2, 0) is 14.9 Å². The first-order valence-electron chi connectivity index (χ1n) is 15.8. The van der Waals surface area contributed by atoms with E-state index in [9.17, 15) is 19.8 Å². The smallest absolute Gasteiger partial charge is 0.414 e. The summed E-state index contributed by atoms with van der Waals surface area (Å²) < 4.78 is 6.37. The summed E-state index contributed by atoms with van der Waals surface area (Å²) in [6.45, 7) is 19.1. The highest BCUT2D eigenvalue weighted by Gasteiger charge is 2.52. The van der Waals surface area contributed by atoms with Gasteiger partial charge in [-0.25, -0.2) is 4.79 Å². The summed E-state index contributed by atoms with van der Waals surface area (Å²) >= 11 is 0. The van der Waals surface area contributed by atoms with Gasteiger partial charge in [0.1, 0.15) is 26.4 Å². The molecule has 0 aromatic heterocycles. The molecule has 3 rings (SSSR count). The lowest BCUT2D eigenvalue weighted by atomic mass is 9.66. The molecule has 1 heterocycles. The Hall–Kier alpha value is -2.40. The standard InChI is InChI=1S/C35H53NO5Si/c1-10-16-29(37)33(39)28-21-30(38)32(42(23(2)3,24(4)5)25(6)7)22-36(28)34(40)41-31-20-15-14-19-27(31)35(8,9)26-17-12-11-13-18-26/h11-13,17-18,22-25,27-29,31,33,37,39H,14-15,19-21H2,1-9H3/t27-,28+,29-,31-,33+/m1/s1. The molecule has 6 nitrogen and oxygen atoms in total. The molecule has 0 spiro atoms. The van der Waals surface area contributed by atoms with Gasteiger partial charge in [-0.3, -0.25) is 9.69 Å². The fourth-order valence-electron chi connectivity index (χ4n) is 8.24. The lowest BCUT2D eigenvalue weighted by Crippen LogP contribution is -2.57. The molecule has 1 amide bonds. The highest BCUT2D eigenvalue weighted by atomic mass is 28.3. The van der Waals surface area contributed by atoms with Crippen molar-refractivity contribution in [3.63, 3.8) is 0 Å². The first kappa shape index (κ1) is 34.1. The van der Waals surface area contributed by atoms with Gasteiger partial charge in [0.25, 0.3) is 0 Å². The van der Waals surface area contributed by atoms with Crippen molar-refractivity contribution in [3.05, 3.63) is 47.3 Å². The molecule has 0 unspecified atom stereocenters. The summed E-state index contributed by atoms with van der Waals surface area (Å²) in [4.78, 5) is 29.5. The normalized spacial score (nSPS) is 23.4. The monoisotopic (exact) mass is 595 g/mol. The van der Waals surface area contributed by atoms with Crippen LogP contribution in [0.15, 0.2) is 41.7 Å². The van der Waals surface area contributed by atoms with Crippen molar-refractivity contribution in [1.29, 1.82) is 0 Å². The number of aliphatic hydroxyl groups excluding tert-OH is 2. The highest BCUT2D eigenvalue weighted by molar-refractivity contribution is 6.93. The van der Waals surface area contributed by atoms with Crippen molar-refractivity contribution in [2.45, 2.75) is 141 Å². The molecule has 5 atom stereocenters. The maximum Gasteiger partial charge on any atom is 0.414 e. The summed E-state index contributed by atoms with van der Waals surface area (Å²) in [6, 6.07) is 9.40. The third kappa shape index (κ3) is 6.56. The fraction of sp³-hybridized carbons (Fsp3) is 0.657. The first-order valence-corrected chi connectivity index (χ1v) is 18.0. The second-order valence-corrected chi connectivity index (χ2v) is 19.6. The third-order valence-electron chi connectivity index (χ3n) is 10.3. The zero-order chi connectivity index (χ0) is 31.4. The number of aliphatic hydroxyl groups is 2. The number of amides is 1. The molecular formula is C35H53NO5Si. The van der Waals surface area contributed by atoms with Crippen molar-refractivity contribution in [3.8, 4) is 11.8 Å². The van der Waals surface area contributed by atoms with Crippen LogP contribution >= 0.6 is 0 Å². The van der Waals surface area contributed by atoms with E-state index in [-0.39, 0.29) is 46.3 Å². The molecule has 232 valence electrons. The maximum atomic E-state index is 14.2. The van der Waals surface area contributed by atoms with E-state index in [1.807, 2.05) is 18.2 Å². The summed E-state index contributed by atoms with van der Waals surface area (Å²) in [7, 11) is -2.43. The molecule has 1 aromatic rings. The number of allylic oxidation sites excluding steroid dienone is 1. The molecule has 1 aliphatic heterocycles. The lowest BCUT2D eigenvalue weighted by molar-refractivity contribution is -0.119. The van der Waals surface area contributed by atoms with E-state index in [0.29, 0.717) is 0 Å². The molecule has 2 aliphatic rings. The zero-order valence-electron chi connectivity index (χ0n) is 27.2. The van der Waals surface area contributed by atoms with Crippen molar-refractivity contribution in [2.75, 3.05) is 0 Å². The van der Waals surface area contributed by atoms with Crippen molar-refractivity contribution < 1.29 is 24.5 Å². The van der Waals surface area contributed by atoms with Crippen LogP contribution in [-0.4, -0.2) is 59.4 Å². The van der Waals surface area contributed by atoms with Crippen LogP contribution in [0.25, 0.3) is 0 Å². The Bertz CT molecular complexity index is 1160. The van der Waals surface area contributed by atoms with E-state index in [2.05, 4.69) is 79.4 Å². The number of carbonyl (C=O) groups is 2. The second kappa shape index (κ2) is 13.9. The SMILES string of the molecule is CC#C[C@@H](O)[C@@H](O)[C@@H]1CC(=O)C([Si](C(C)C)(C(C)C)C(C)C)=CN1C(=O)O[C@@H]1CCCC[C@H]1C(C)(C)c1ccccc1. The van der Waals surface area contributed by atoms with Crippen LogP contribution in [0.2, 0.25) is 16.6 Å². The predicted octanol–water partition coefficient (Wildman–Crippen LogP) is 7.15. The Kier molecular flexibility index (Phi) is 11.3. The lowest BCUT2D eigenvalue weighted by Gasteiger charge is -2.48. The molecule has 2 N–H and O–H groups in total. The van der Waals surface area contributed by atoms with Crippen LogP contribution in [0.1, 0.15) is 100.0 Å². The number of ketones is 1. The van der Waals surface area contributed by atoms with Gasteiger partial charge in [-0.05, 0) is 59.0 Å². The molecule has 1 aliphatic carbocycles. The van der Waals surface area contributed by atoms with Gasteiger partial charge < -0.3 is 14.9 Å². The predicted molar refractivity (Wildman–Crippen MR) is 172 cm³/mol. The topological polar surface area (TPSA) is 87.1 Å². The Labute approximate surface area is 254 Å². The zero-order valence-corrected chi connectivity index (χ0v) is 28.2. The van der Waals surface area contributed by atoms with E-state index >= 15 is 0 Å².